The first-order valence-corrected chi connectivity index (χ1v) is 9.02. The van der Waals surface area contributed by atoms with Crippen LogP contribution in [0.4, 0.5) is 11.9 Å². The Kier molecular flexibility index (Phi) is 4.06. The maximum absolute atomic E-state index is 13.5. The molecule has 0 unspecified atom stereocenters. The summed E-state index contributed by atoms with van der Waals surface area (Å²) in [7, 11) is 0. The van der Waals surface area contributed by atoms with Crippen LogP contribution in [0.2, 0.25) is 0 Å². The number of aromatic nitrogens is 10. The molecule has 0 bridgehead atoms. The van der Waals surface area contributed by atoms with Crippen molar-refractivity contribution < 1.29 is 15.0 Å². The Balaban J connectivity index is 1.80. The van der Waals surface area contributed by atoms with E-state index in [2.05, 4.69) is 40.6 Å². The summed E-state index contributed by atoms with van der Waals surface area (Å²) in [5.74, 6) is -4.26. The van der Waals surface area contributed by atoms with E-state index in [1.54, 1.807) is 0 Å². The molecule has 5 rings (SSSR count). The van der Waals surface area contributed by atoms with Crippen molar-refractivity contribution in [2.45, 2.75) is 5.92 Å². The van der Waals surface area contributed by atoms with E-state index in [4.69, 9.17) is 11.5 Å². The molecule has 0 aliphatic heterocycles. The highest BCUT2D eigenvalue weighted by Gasteiger charge is 2.34. The average molecular weight is 452 g/mol. The molecule has 1 aromatic carbocycles. The summed E-state index contributed by atoms with van der Waals surface area (Å²) in [4.78, 5) is 47.3. The number of nitrogens with zero attached hydrogens (tertiary/aromatic N) is 8. The number of phenols is 2. The van der Waals surface area contributed by atoms with E-state index in [1.807, 2.05) is 0 Å². The molecule has 33 heavy (non-hydrogen) atoms. The summed E-state index contributed by atoms with van der Waals surface area (Å²) < 4.78 is 1.96. The van der Waals surface area contributed by atoms with E-state index in [0.29, 0.717) is 0 Å². The zero-order valence-corrected chi connectivity index (χ0v) is 16.2. The van der Waals surface area contributed by atoms with Gasteiger partial charge in [0.05, 0.1) is 5.56 Å². The van der Waals surface area contributed by atoms with Crippen molar-refractivity contribution in [3.8, 4) is 11.5 Å². The second-order valence-corrected chi connectivity index (χ2v) is 6.76. The third kappa shape index (κ3) is 2.99. The quantitative estimate of drug-likeness (QED) is 0.155. The maximum atomic E-state index is 13.5. The first-order chi connectivity index (χ1) is 15.7. The molecule has 17 heteroatoms. The Morgan fingerprint density at radius 2 is 1.39 bits per heavy atom. The summed E-state index contributed by atoms with van der Waals surface area (Å²) in [6.07, 6.45) is 0. The molecule has 166 valence electrons. The number of Topliss-reactive ketones (excluding diaryl/α,β-unsaturated/α-hetero) is 1. The summed E-state index contributed by atoms with van der Waals surface area (Å²) in [5, 5.41) is 39.0. The maximum Gasteiger partial charge on any atom is 0.286 e. The molecule has 0 radical (unpaired) electrons. The van der Waals surface area contributed by atoms with Crippen molar-refractivity contribution in [2.24, 2.45) is 0 Å². The van der Waals surface area contributed by atoms with Crippen LogP contribution >= 0.6 is 0 Å². The number of hydrogen-bond acceptors (Lipinski definition) is 13. The topological polar surface area (TPSA) is 261 Å². The third-order valence-corrected chi connectivity index (χ3v) is 4.73. The van der Waals surface area contributed by atoms with Gasteiger partial charge in [-0.15, -0.1) is 20.4 Å². The van der Waals surface area contributed by atoms with Crippen molar-refractivity contribution >= 4 is 29.2 Å². The summed E-state index contributed by atoms with van der Waals surface area (Å²) in [6.45, 7) is 0. The first kappa shape index (κ1) is 19.6. The number of carbonyl (C=O) groups excluding carboxylic acids is 1. The van der Waals surface area contributed by atoms with Gasteiger partial charge in [-0.25, -0.2) is 9.97 Å². The molecule has 0 spiro atoms. The SMILES string of the molecule is Nc1nnc2nc(C(C(=O)c3ccc(O)cc3O)c3nc4nnc(N)n4[nH]c3=O)c(=O)[nH]n12. The van der Waals surface area contributed by atoms with Gasteiger partial charge >= 0.3 is 0 Å². The number of rotatable bonds is 4. The van der Waals surface area contributed by atoms with Crippen molar-refractivity contribution in [3.63, 3.8) is 0 Å². The van der Waals surface area contributed by atoms with E-state index in [1.165, 1.54) is 0 Å². The highest BCUT2D eigenvalue weighted by molar-refractivity contribution is 6.04. The molecule has 0 saturated heterocycles. The van der Waals surface area contributed by atoms with E-state index < -0.39 is 40.0 Å². The van der Waals surface area contributed by atoms with Gasteiger partial charge < -0.3 is 21.7 Å². The van der Waals surface area contributed by atoms with Gasteiger partial charge in [0, 0.05) is 6.07 Å². The summed E-state index contributed by atoms with van der Waals surface area (Å²) >= 11 is 0. The highest BCUT2D eigenvalue weighted by atomic mass is 16.3. The lowest BCUT2D eigenvalue weighted by Gasteiger charge is -2.15. The van der Waals surface area contributed by atoms with Crippen molar-refractivity contribution in [1.29, 1.82) is 0 Å². The van der Waals surface area contributed by atoms with E-state index in [9.17, 15) is 24.6 Å². The van der Waals surface area contributed by atoms with Gasteiger partial charge in [0.15, 0.2) is 5.78 Å². The molecular weight excluding hydrogens is 440 g/mol. The van der Waals surface area contributed by atoms with E-state index >= 15 is 0 Å². The molecule has 4 heterocycles. The molecule has 0 aliphatic rings. The molecule has 4 aromatic heterocycles. The second kappa shape index (κ2) is 6.83. The predicted molar refractivity (Wildman–Crippen MR) is 108 cm³/mol. The van der Waals surface area contributed by atoms with Gasteiger partial charge in [-0.3, -0.25) is 24.6 Å². The van der Waals surface area contributed by atoms with Gasteiger partial charge in [-0.2, -0.15) is 9.03 Å². The van der Waals surface area contributed by atoms with Crippen LogP contribution in [-0.4, -0.2) is 65.6 Å². The Morgan fingerprint density at radius 3 is 1.88 bits per heavy atom. The highest BCUT2D eigenvalue weighted by Crippen LogP contribution is 2.29. The number of fused-ring (bicyclic) bond motifs is 2. The van der Waals surface area contributed by atoms with Gasteiger partial charge in [-0.05, 0) is 12.1 Å². The van der Waals surface area contributed by atoms with Crippen LogP contribution in [0.3, 0.4) is 0 Å². The number of H-pyrrole nitrogens is 2. The van der Waals surface area contributed by atoms with Crippen LogP contribution in [0.5, 0.6) is 11.5 Å². The molecule has 5 aromatic rings. The Morgan fingerprint density at radius 1 is 0.879 bits per heavy atom. The first-order valence-electron chi connectivity index (χ1n) is 9.02. The number of carbonyl (C=O) groups is 1. The number of aromatic amines is 2. The van der Waals surface area contributed by atoms with Crippen LogP contribution < -0.4 is 22.6 Å². The lowest BCUT2D eigenvalue weighted by molar-refractivity contribution is 0.0967. The molecule has 0 aliphatic carbocycles. The Bertz CT molecular complexity index is 1600. The number of aromatic hydroxyl groups is 2. The number of nitrogens with two attached hydrogens (primary N) is 2. The number of benzene rings is 1. The van der Waals surface area contributed by atoms with Crippen LogP contribution in [0.15, 0.2) is 27.8 Å². The third-order valence-electron chi connectivity index (χ3n) is 4.73. The smallest absolute Gasteiger partial charge is 0.286 e. The number of nitrogens with one attached hydrogen (secondary N) is 2. The zero-order valence-electron chi connectivity index (χ0n) is 16.2. The fourth-order valence-corrected chi connectivity index (χ4v) is 3.22. The summed E-state index contributed by atoms with van der Waals surface area (Å²) in [5.41, 5.74) is 8.12. The standard InChI is InChI=1S/C16H12N12O5/c17-13-21-23-15-19-8(11(32)25-27(13)15)7(10(31)5-2-1-4(29)3-6(5)30)9-12(33)26-28-14(18)22-24-16(28)20-9/h1-3,7,29-30H,(H2,17,21)(H2,18,22)(H,25,32)(H,26,33). The second-order valence-electron chi connectivity index (χ2n) is 6.76. The van der Waals surface area contributed by atoms with Crippen molar-refractivity contribution in [1.82, 2.24) is 49.6 Å². The number of nitrogen functional groups attached to an aromatic ring is 2. The normalized spacial score (nSPS) is 11.5. The predicted octanol–water partition coefficient (Wildman–Crippen LogP) is -2.47. The number of ketones is 1. The van der Waals surface area contributed by atoms with Crippen molar-refractivity contribution in [2.75, 3.05) is 11.5 Å². The number of phenolic OH excluding ortho intramolecular Hbond substituents is 2. The number of anilines is 2. The molecule has 0 atom stereocenters. The fourth-order valence-electron chi connectivity index (χ4n) is 3.22. The van der Waals surface area contributed by atoms with Gasteiger partial charge in [-0.1, -0.05) is 0 Å². The van der Waals surface area contributed by atoms with E-state index in [0.717, 1.165) is 27.2 Å². The van der Waals surface area contributed by atoms with Crippen LogP contribution in [0.25, 0.3) is 11.6 Å². The summed E-state index contributed by atoms with van der Waals surface area (Å²) in [6, 6.07) is 3.18. The van der Waals surface area contributed by atoms with E-state index in [-0.39, 0.29) is 34.8 Å². The molecule has 0 amide bonds. The average Bonchev–Trinajstić information content (AvgIpc) is 3.30. The Labute approximate surface area is 179 Å². The largest absolute Gasteiger partial charge is 0.508 e. The van der Waals surface area contributed by atoms with Crippen LogP contribution in [-0.2, 0) is 0 Å². The fraction of sp³-hybridized carbons (Fsp3) is 0.0625. The molecular formula is C16H12N12O5. The minimum absolute atomic E-state index is 0.168. The van der Waals surface area contributed by atoms with Crippen molar-refractivity contribution in [3.05, 3.63) is 55.9 Å². The van der Waals surface area contributed by atoms with Crippen LogP contribution in [0.1, 0.15) is 27.7 Å². The zero-order chi connectivity index (χ0) is 23.4. The molecule has 8 N–H and O–H groups in total. The lowest BCUT2D eigenvalue weighted by atomic mass is 9.91. The Hall–Kier alpha value is -5.35. The monoisotopic (exact) mass is 452 g/mol. The molecule has 17 nitrogen and oxygen atoms in total. The number of hydrogen-bond donors (Lipinski definition) is 6. The molecule has 0 fully saturated rings. The van der Waals surface area contributed by atoms with Gasteiger partial charge in [0.1, 0.15) is 28.8 Å². The van der Waals surface area contributed by atoms with Crippen LogP contribution in [0, 0.1) is 0 Å². The molecule has 0 saturated carbocycles. The minimum Gasteiger partial charge on any atom is -0.508 e. The lowest BCUT2D eigenvalue weighted by Crippen LogP contribution is -2.33. The van der Waals surface area contributed by atoms with Gasteiger partial charge in [0.25, 0.3) is 22.7 Å². The van der Waals surface area contributed by atoms with Gasteiger partial charge in [0.2, 0.25) is 11.9 Å². The minimum atomic E-state index is -1.74.